The van der Waals surface area contributed by atoms with E-state index in [2.05, 4.69) is 16.0 Å². The largest absolute Gasteiger partial charge is 0.497 e. The first kappa shape index (κ1) is 25.5. The minimum atomic E-state index is -0.0978. The molecule has 1 saturated carbocycles. The van der Waals surface area contributed by atoms with Crippen LogP contribution in [0.1, 0.15) is 43.0 Å². The highest BCUT2D eigenvalue weighted by Gasteiger charge is 2.36. The van der Waals surface area contributed by atoms with E-state index in [1.165, 1.54) is 19.3 Å². The van der Waals surface area contributed by atoms with Crippen LogP contribution < -0.4 is 20.7 Å². The summed E-state index contributed by atoms with van der Waals surface area (Å²) in [6, 6.07) is 7.07. The van der Waals surface area contributed by atoms with Crippen molar-refractivity contribution in [1.29, 1.82) is 0 Å². The maximum atomic E-state index is 12.2. The molecule has 2 rings (SSSR count). The van der Waals surface area contributed by atoms with Crippen LogP contribution in [-0.4, -0.2) is 58.9 Å². The van der Waals surface area contributed by atoms with E-state index in [1.54, 1.807) is 38.5 Å². The molecule has 8 heteroatoms. The van der Waals surface area contributed by atoms with Gasteiger partial charge in [0.05, 0.1) is 7.11 Å². The number of methoxy groups -OCH3 is 2. The van der Waals surface area contributed by atoms with Gasteiger partial charge in [-0.05, 0) is 55.9 Å². The van der Waals surface area contributed by atoms with E-state index in [0.717, 1.165) is 37.8 Å². The van der Waals surface area contributed by atoms with Crippen molar-refractivity contribution in [2.45, 2.75) is 32.6 Å². The molecule has 0 spiro atoms. The van der Waals surface area contributed by atoms with Crippen molar-refractivity contribution in [3.05, 3.63) is 29.8 Å². The quantitative estimate of drug-likeness (QED) is 0.182. The third-order valence-corrected chi connectivity index (χ3v) is 5.22. The molecule has 0 atom stereocenters. The van der Waals surface area contributed by atoms with E-state index in [1.807, 2.05) is 6.92 Å². The van der Waals surface area contributed by atoms with Crippen LogP contribution in [0.5, 0.6) is 5.75 Å². The SMILES string of the molecule is CCNC(=NCC1(CCOC)CCC1)NCCNC(=O)c1ccc(OC)cc1.I. The Morgan fingerprint density at radius 2 is 1.79 bits per heavy atom. The predicted molar refractivity (Wildman–Crippen MR) is 128 cm³/mol. The molecule has 0 unspecified atom stereocenters. The van der Waals surface area contributed by atoms with E-state index >= 15 is 0 Å². The number of benzene rings is 1. The smallest absolute Gasteiger partial charge is 0.251 e. The van der Waals surface area contributed by atoms with Crippen molar-refractivity contribution < 1.29 is 14.3 Å². The van der Waals surface area contributed by atoms with Crippen LogP contribution in [0.4, 0.5) is 0 Å². The van der Waals surface area contributed by atoms with Gasteiger partial charge in [0.1, 0.15) is 5.75 Å². The molecule has 0 bridgehead atoms. The van der Waals surface area contributed by atoms with Crippen molar-refractivity contribution in [3.63, 3.8) is 0 Å². The maximum absolute atomic E-state index is 12.2. The van der Waals surface area contributed by atoms with Crippen molar-refractivity contribution >= 4 is 35.8 Å². The number of hydrogen-bond acceptors (Lipinski definition) is 4. The number of ether oxygens (including phenoxy) is 2. The Morgan fingerprint density at radius 1 is 1.10 bits per heavy atom. The molecule has 1 aromatic carbocycles. The van der Waals surface area contributed by atoms with Crippen LogP contribution in [0.3, 0.4) is 0 Å². The minimum Gasteiger partial charge on any atom is -0.497 e. The Labute approximate surface area is 191 Å². The number of halogens is 1. The molecular formula is C21H35IN4O3. The lowest BCUT2D eigenvalue weighted by molar-refractivity contribution is 0.0778. The Balaban J connectivity index is 0.00000420. The molecule has 0 aromatic heterocycles. The van der Waals surface area contributed by atoms with Crippen LogP contribution in [0.2, 0.25) is 0 Å². The van der Waals surface area contributed by atoms with E-state index in [-0.39, 0.29) is 29.9 Å². The number of nitrogens with one attached hydrogen (secondary N) is 3. The average Bonchev–Trinajstić information content (AvgIpc) is 2.69. The first-order valence-corrected chi connectivity index (χ1v) is 10.1. The molecule has 1 aliphatic carbocycles. The minimum absolute atomic E-state index is 0. The predicted octanol–water partition coefficient (Wildman–Crippen LogP) is 2.80. The first-order chi connectivity index (χ1) is 13.6. The molecule has 1 amide bonds. The van der Waals surface area contributed by atoms with Gasteiger partial charge in [-0.2, -0.15) is 0 Å². The highest BCUT2D eigenvalue weighted by Crippen LogP contribution is 2.44. The van der Waals surface area contributed by atoms with Crippen molar-refractivity contribution in [1.82, 2.24) is 16.0 Å². The van der Waals surface area contributed by atoms with Gasteiger partial charge in [0, 0.05) is 45.5 Å². The zero-order valence-corrected chi connectivity index (χ0v) is 20.1. The second-order valence-electron chi connectivity index (χ2n) is 7.20. The lowest BCUT2D eigenvalue weighted by Crippen LogP contribution is -2.43. The fraction of sp³-hybridized carbons (Fsp3) is 0.619. The molecule has 29 heavy (non-hydrogen) atoms. The number of carbonyl (C=O) groups is 1. The van der Waals surface area contributed by atoms with Gasteiger partial charge in [-0.3, -0.25) is 9.79 Å². The summed E-state index contributed by atoms with van der Waals surface area (Å²) in [7, 11) is 3.36. The Morgan fingerprint density at radius 3 is 2.34 bits per heavy atom. The number of aliphatic imine (C=N–C) groups is 1. The summed E-state index contributed by atoms with van der Waals surface area (Å²) in [5, 5.41) is 9.48. The van der Waals surface area contributed by atoms with Gasteiger partial charge >= 0.3 is 0 Å². The third-order valence-electron chi connectivity index (χ3n) is 5.22. The molecule has 7 nitrogen and oxygen atoms in total. The lowest BCUT2D eigenvalue weighted by atomic mass is 9.67. The molecule has 1 fully saturated rings. The van der Waals surface area contributed by atoms with Crippen LogP contribution in [0, 0.1) is 5.41 Å². The fourth-order valence-corrected chi connectivity index (χ4v) is 3.27. The van der Waals surface area contributed by atoms with Gasteiger partial charge in [0.2, 0.25) is 0 Å². The second-order valence-corrected chi connectivity index (χ2v) is 7.20. The van der Waals surface area contributed by atoms with Gasteiger partial charge in [0.25, 0.3) is 5.91 Å². The Bertz CT molecular complexity index is 633. The van der Waals surface area contributed by atoms with Gasteiger partial charge in [-0.1, -0.05) is 6.42 Å². The molecule has 3 N–H and O–H groups in total. The summed E-state index contributed by atoms with van der Waals surface area (Å²) in [6.07, 6.45) is 4.78. The third kappa shape index (κ3) is 8.38. The Kier molecular flexibility index (Phi) is 12.0. The number of carbonyl (C=O) groups excluding carboxylic acids is 1. The number of rotatable bonds is 11. The van der Waals surface area contributed by atoms with Crippen molar-refractivity contribution in [3.8, 4) is 5.75 Å². The Hall–Kier alpha value is -1.55. The van der Waals surface area contributed by atoms with E-state index < -0.39 is 0 Å². The summed E-state index contributed by atoms with van der Waals surface area (Å²) < 4.78 is 10.4. The summed E-state index contributed by atoms with van der Waals surface area (Å²) in [5.74, 6) is 1.43. The van der Waals surface area contributed by atoms with E-state index in [4.69, 9.17) is 14.5 Å². The molecule has 0 radical (unpaired) electrons. The fourth-order valence-electron chi connectivity index (χ4n) is 3.27. The van der Waals surface area contributed by atoms with Gasteiger partial charge in [-0.25, -0.2) is 0 Å². The maximum Gasteiger partial charge on any atom is 0.251 e. The normalized spacial score (nSPS) is 14.9. The monoisotopic (exact) mass is 518 g/mol. The van der Waals surface area contributed by atoms with Crippen LogP contribution in [0.15, 0.2) is 29.3 Å². The molecule has 0 heterocycles. The molecular weight excluding hydrogens is 483 g/mol. The molecule has 1 aromatic rings. The van der Waals surface area contributed by atoms with E-state index in [9.17, 15) is 4.79 Å². The lowest BCUT2D eigenvalue weighted by Gasteiger charge is -2.40. The van der Waals surface area contributed by atoms with Gasteiger partial charge < -0.3 is 25.4 Å². The van der Waals surface area contributed by atoms with Gasteiger partial charge in [-0.15, -0.1) is 24.0 Å². The number of nitrogens with zero attached hydrogens (tertiary/aromatic N) is 1. The summed E-state index contributed by atoms with van der Waals surface area (Å²) >= 11 is 0. The summed E-state index contributed by atoms with van der Waals surface area (Å²) in [5.41, 5.74) is 0.910. The molecule has 0 saturated heterocycles. The zero-order chi connectivity index (χ0) is 20.2. The first-order valence-electron chi connectivity index (χ1n) is 10.1. The molecule has 1 aliphatic rings. The summed E-state index contributed by atoms with van der Waals surface area (Å²) in [4.78, 5) is 16.9. The summed E-state index contributed by atoms with van der Waals surface area (Å²) in [6.45, 7) is 5.57. The topological polar surface area (TPSA) is 84.0 Å². The number of amides is 1. The standard InChI is InChI=1S/C21H34N4O3.HI/c1-4-22-20(25-16-21(10-5-11-21)12-15-27-2)24-14-13-23-19(26)17-6-8-18(28-3)9-7-17;/h6-9H,4-5,10-16H2,1-3H3,(H,23,26)(H2,22,24,25);1H. The van der Waals surface area contributed by atoms with Crippen LogP contribution in [0.25, 0.3) is 0 Å². The zero-order valence-electron chi connectivity index (χ0n) is 17.8. The van der Waals surface area contributed by atoms with Crippen LogP contribution >= 0.6 is 24.0 Å². The molecule has 164 valence electrons. The van der Waals surface area contributed by atoms with Gasteiger partial charge in [0.15, 0.2) is 5.96 Å². The van der Waals surface area contributed by atoms with Crippen molar-refractivity contribution in [2.24, 2.45) is 10.4 Å². The second kappa shape index (κ2) is 13.6. The average molecular weight is 518 g/mol. The number of hydrogen-bond donors (Lipinski definition) is 3. The highest BCUT2D eigenvalue weighted by atomic mass is 127. The number of guanidine groups is 1. The van der Waals surface area contributed by atoms with E-state index in [0.29, 0.717) is 24.1 Å². The molecule has 0 aliphatic heterocycles. The highest BCUT2D eigenvalue weighted by molar-refractivity contribution is 14.0. The van der Waals surface area contributed by atoms with Crippen LogP contribution in [-0.2, 0) is 4.74 Å². The van der Waals surface area contributed by atoms with Crippen molar-refractivity contribution in [2.75, 3.05) is 47.0 Å².